The molecular weight excluding hydrogens is 398 g/mol. The average molecular weight is 407 g/mol. The van der Waals surface area contributed by atoms with Crippen LogP contribution in [0, 0.1) is 3.57 Å². The Hall–Kier alpha value is -0.980. The fourth-order valence-corrected chi connectivity index (χ4v) is 2.52. The van der Waals surface area contributed by atoms with Crippen LogP contribution in [-0.4, -0.2) is 5.91 Å². The second-order valence-electron chi connectivity index (χ2n) is 3.82. The van der Waals surface area contributed by atoms with Gasteiger partial charge in [0, 0.05) is 14.8 Å². The Morgan fingerprint density at radius 2 is 1.79 bits per heavy atom. The van der Waals surface area contributed by atoms with E-state index in [0.29, 0.717) is 11.3 Å². The van der Waals surface area contributed by atoms with E-state index in [0.717, 1.165) is 3.57 Å². The molecule has 0 aromatic heterocycles. The van der Waals surface area contributed by atoms with E-state index in [1.165, 1.54) is 12.1 Å². The van der Waals surface area contributed by atoms with Crippen LogP contribution in [0.25, 0.3) is 0 Å². The molecule has 0 aliphatic rings. The summed E-state index contributed by atoms with van der Waals surface area (Å²) in [6, 6.07) is 10.4. The zero-order valence-corrected chi connectivity index (χ0v) is 13.3. The molecule has 0 spiro atoms. The third-order valence-electron chi connectivity index (χ3n) is 2.42. The Morgan fingerprint density at radius 1 is 1.16 bits per heavy atom. The van der Waals surface area contributed by atoms with Crippen molar-refractivity contribution in [1.82, 2.24) is 0 Å². The molecule has 0 aliphatic carbocycles. The highest BCUT2D eigenvalue weighted by Gasteiger charge is 2.11. The van der Waals surface area contributed by atoms with Crippen molar-refractivity contribution in [1.29, 1.82) is 0 Å². The standard InChI is InChI=1S/C13H9Cl2IN2O/c14-10-4-7(5-11(15)12(10)17)13(19)18-9-3-1-2-8(16)6-9/h1-6H,17H2,(H,18,19). The lowest BCUT2D eigenvalue weighted by molar-refractivity contribution is 0.102. The van der Waals surface area contributed by atoms with Gasteiger partial charge in [0.05, 0.1) is 15.7 Å². The molecule has 0 unspecified atom stereocenters. The molecule has 0 bridgehead atoms. The van der Waals surface area contributed by atoms with Crippen molar-refractivity contribution in [3.63, 3.8) is 0 Å². The van der Waals surface area contributed by atoms with E-state index in [2.05, 4.69) is 27.9 Å². The van der Waals surface area contributed by atoms with Crippen LogP contribution in [0.2, 0.25) is 10.0 Å². The number of amides is 1. The normalized spacial score (nSPS) is 10.3. The molecule has 19 heavy (non-hydrogen) atoms. The topological polar surface area (TPSA) is 55.1 Å². The Kier molecular flexibility index (Phi) is 4.54. The molecule has 6 heteroatoms. The summed E-state index contributed by atoms with van der Waals surface area (Å²) in [6.07, 6.45) is 0. The van der Waals surface area contributed by atoms with Crippen molar-refractivity contribution in [2.45, 2.75) is 0 Å². The second-order valence-corrected chi connectivity index (χ2v) is 5.88. The number of anilines is 2. The lowest BCUT2D eigenvalue weighted by Gasteiger charge is -2.08. The Morgan fingerprint density at radius 3 is 2.37 bits per heavy atom. The summed E-state index contributed by atoms with van der Waals surface area (Å²) in [7, 11) is 0. The van der Waals surface area contributed by atoms with Gasteiger partial charge in [-0.05, 0) is 52.9 Å². The Labute approximate surface area is 134 Å². The zero-order chi connectivity index (χ0) is 14.0. The summed E-state index contributed by atoms with van der Waals surface area (Å²) in [4.78, 5) is 12.1. The van der Waals surface area contributed by atoms with Crippen LogP contribution in [-0.2, 0) is 0 Å². The fourth-order valence-electron chi connectivity index (χ4n) is 1.48. The van der Waals surface area contributed by atoms with Crippen LogP contribution in [0.5, 0.6) is 0 Å². The second kappa shape index (κ2) is 5.98. The van der Waals surface area contributed by atoms with E-state index >= 15 is 0 Å². The van der Waals surface area contributed by atoms with Gasteiger partial charge in [0.25, 0.3) is 5.91 Å². The largest absolute Gasteiger partial charge is 0.396 e. The molecule has 0 heterocycles. The fraction of sp³-hybridized carbons (Fsp3) is 0. The zero-order valence-electron chi connectivity index (χ0n) is 9.58. The van der Waals surface area contributed by atoms with Crippen LogP contribution in [0.4, 0.5) is 11.4 Å². The SMILES string of the molecule is Nc1c(Cl)cc(C(=O)Nc2cccc(I)c2)cc1Cl. The van der Waals surface area contributed by atoms with Crippen molar-refractivity contribution in [3.05, 3.63) is 55.6 Å². The molecule has 2 aromatic rings. The van der Waals surface area contributed by atoms with Gasteiger partial charge < -0.3 is 11.1 Å². The van der Waals surface area contributed by atoms with E-state index in [1.807, 2.05) is 18.2 Å². The molecule has 98 valence electrons. The van der Waals surface area contributed by atoms with Gasteiger partial charge in [0.2, 0.25) is 0 Å². The first-order valence-electron chi connectivity index (χ1n) is 5.29. The maximum absolute atomic E-state index is 12.1. The van der Waals surface area contributed by atoms with E-state index < -0.39 is 0 Å². The van der Waals surface area contributed by atoms with Gasteiger partial charge in [-0.1, -0.05) is 29.3 Å². The molecule has 3 nitrogen and oxygen atoms in total. The van der Waals surface area contributed by atoms with Gasteiger partial charge in [-0.25, -0.2) is 0 Å². The van der Waals surface area contributed by atoms with E-state index in [4.69, 9.17) is 28.9 Å². The molecule has 1 amide bonds. The Balaban J connectivity index is 2.25. The highest BCUT2D eigenvalue weighted by molar-refractivity contribution is 14.1. The summed E-state index contributed by atoms with van der Waals surface area (Å²) in [5.74, 6) is -0.286. The number of nitrogen functional groups attached to an aromatic ring is 1. The number of halogens is 3. The van der Waals surface area contributed by atoms with Crippen LogP contribution in [0.1, 0.15) is 10.4 Å². The Bertz CT molecular complexity index is 623. The van der Waals surface area contributed by atoms with Crippen LogP contribution < -0.4 is 11.1 Å². The maximum Gasteiger partial charge on any atom is 0.255 e. The molecule has 2 rings (SSSR count). The smallest absolute Gasteiger partial charge is 0.255 e. The number of hydrogen-bond acceptors (Lipinski definition) is 2. The van der Waals surface area contributed by atoms with Gasteiger partial charge in [-0.2, -0.15) is 0 Å². The molecular formula is C13H9Cl2IN2O. The van der Waals surface area contributed by atoms with E-state index in [-0.39, 0.29) is 21.6 Å². The van der Waals surface area contributed by atoms with Crippen molar-refractivity contribution in [3.8, 4) is 0 Å². The van der Waals surface area contributed by atoms with Gasteiger partial charge >= 0.3 is 0 Å². The van der Waals surface area contributed by atoms with Gasteiger partial charge in [0.15, 0.2) is 0 Å². The first-order valence-corrected chi connectivity index (χ1v) is 7.12. The van der Waals surface area contributed by atoms with Crippen LogP contribution in [0.15, 0.2) is 36.4 Å². The quantitative estimate of drug-likeness (QED) is 0.572. The van der Waals surface area contributed by atoms with Crippen molar-refractivity contribution >= 4 is 63.1 Å². The third-order valence-corrected chi connectivity index (χ3v) is 3.72. The minimum absolute atomic E-state index is 0.264. The predicted octanol–water partition coefficient (Wildman–Crippen LogP) is 4.43. The van der Waals surface area contributed by atoms with Crippen molar-refractivity contribution in [2.24, 2.45) is 0 Å². The number of carbonyl (C=O) groups excluding carboxylic acids is 1. The van der Waals surface area contributed by atoms with Crippen molar-refractivity contribution < 1.29 is 4.79 Å². The number of benzene rings is 2. The minimum Gasteiger partial charge on any atom is -0.396 e. The molecule has 0 fully saturated rings. The van der Waals surface area contributed by atoms with Gasteiger partial charge in [0.1, 0.15) is 0 Å². The number of rotatable bonds is 2. The lowest BCUT2D eigenvalue weighted by Crippen LogP contribution is -2.12. The summed E-state index contributed by atoms with van der Waals surface area (Å²) < 4.78 is 1.03. The summed E-state index contributed by atoms with van der Waals surface area (Å²) in [5.41, 5.74) is 6.97. The summed E-state index contributed by atoms with van der Waals surface area (Å²) in [5, 5.41) is 3.30. The number of hydrogen-bond donors (Lipinski definition) is 2. The first-order chi connectivity index (χ1) is 8.97. The predicted molar refractivity (Wildman–Crippen MR) is 88.0 cm³/mol. The number of nitrogens with two attached hydrogens (primary N) is 1. The molecule has 0 radical (unpaired) electrons. The number of carbonyl (C=O) groups is 1. The van der Waals surface area contributed by atoms with Crippen LogP contribution >= 0.6 is 45.8 Å². The summed E-state index contributed by atoms with van der Waals surface area (Å²) >= 11 is 14.0. The first kappa shape index (κ1) is 14.4. The molecule has 2 aromatic carbocycles. The van der Waals surface area contributed by atoms with E-state index in [1.54, 1.807) is 6.07 Å². The van der Waals surface area contributed by atoms with Gasteiger partial charge in [-0.15, -0.1) is 0 Å². The molecule has 0 atom stereocenters. The summed E-state index contributed by atoms with van der Waals surface area (Å²) in [6.45, 7) is 0. The highest BCUT2D eigenvalue weighted by Crippen LogP contribution is 2.29. The minimum atomic E-state index is -0.286. The highest BCUT2D eigenvalue weighted by atomic mass is 127. The molecule has 0 saturated heterocycles. The lowest BCUT2D eigenvalue weighted by atomic mass is 10.2. The molecule has 0 saturated carbocycles. The molecule has 0 aliphatic heterocycles. The number of nitrogens with one attached hydrogen (secondary N) is 1. The van der Waals surface area contributed by atoms with Crippen molar-refractivity contribution in [2.75, 3.05) is 11.1 Å². The maximum atomic E-state index is 12.1. The average Bonchev–Trinajstić information content (AvgIpc) is 2.35. The molecule has 3 N–H and O–H groups in total. The third kappa shape index (κ3) is 3.52. The monoisotopic (exact) mass is 406 g/mol. The van der Waals surface area contributed by atoms with Crippen LogP contribution in [0.3, 0.4) is 0 Å². The van der Waals surface area contributed by atoms with E-state index in [9.17, 15) is 4.79 Å². The van der Waals surface area contributed by atoms with Gasteiger partial charge in [-0.3, -0.25) is 4.79 Å².